The van der Waals surface area contributed by atoms with Crippen LogP contribution < -0.4 is 0 Å². The number of aliphatic hydroxyl groups is 1. The zero-order valence-corrected chi connectivity index (χ0v) is 11.9. The fraction of sp³-hybridized carbons (Fsp3) is 0.533. The third kappa shape index (κ3) is 5.66. The second-order valence-electron chi connectivity index (χ2n) is 4.94. The molecular weight excluding hydrogens is 259 g/mol. The molecule has 0 aromatic heterocycles. The van der Waals surface area contributed by atoms with Gasteiger partial charge in [0.1, 0.15) is 5.82 Å². The van der Waals surface area contributed by atoms with Gasteiger partial charge in [-0.15, -0.1) is 0 Å². The zero-order valence-electron chi connectivity index (χ0n) is 11.9. The molecule has 0 bridgehead atoms. The molecule has 0 radical (unpaired) electrons. The first-order valence-corrected chi connectivity index (χ1v) is 6.64. The third-order valence-electron chi connectivity index (χ3n) is 2.97. The summed E-state index contributed by atoms with van der Waals surface area (Å²) >= 11 is 0. The van der Waals surface area contributed by atoms with Crippen LogP contribution >= 0.6 is 0 Å². The van der Waals surface area contributed by atoms with Gasteiger partial charge in [0, 0.05) is 18.2 Å². The molecule has 0 saturated heterocycles. The molecule has 20 heavy (non-hydrogen) atoms. The number of rotatable bonds is 8. The monoisotopic (exact) mass is 280 g/mol. The highest BCUT2D eigenvalue weighted by Crippen LogP contribution is 2.08. The second-order valence-corrected chi connectivity index (χ2v) is 4.94. The molecule has 4 nitrogen and oxygen atoms in total. The highest BCUT2D eigenvalue weighted by molar-refractivity contribution is 5.16. The van der Waals surface area contributed by atoms with Gasteiger partial charge in [-0.05, 0) is 19.9 Å². The molecule has 1 rings (SSSR count). The van der Waals surface area contributed by atoms with E-state index in [-0.39, 0.29) is 31.6 Å². The maximum Gasteiger partial charge on any atom is 0.128 e. The van der Waals surface area contributed by atoms with Gasteiger partial charge in [-0.1, -0.05) is 18.2 Å². The van der Waals surface area contributed by atoms with Crippen molar-refractivity contribution in [1.82, 2.24) is 4.90 Å². The Morgan fingerprint density at radius 1 is 1.40 bits per heavy atom. The number of hydrogen-bond acceptors (Lipinski definition) is 4. The van der Waals surface area contributed by atoms with E-state index in [0.29, 0.717) is 12.1 Å². The maximum absolute atomic E-state index is 13.3. The molecule has 5 heteroatoms. The van der Waals surface area contributed by atoms with Crippen LogP contribution in [-0.4, -0.2) is 41.8 Å². The lowest BCUT2D eigenvalue weighted by Crippen LogP contribution is -2.39. The SMILES string of the molecule is CC(C)N(CC#N)CC(O)COCc1ccccc1F. The number of ether oxygens (including phenoxy) is 1. The summed E-state index contributed by atoms with van der Waals surface area (Å²) in [5, 5.41) is 18.6. The van der Waals surface area contributed by atoms with Gasteiger partial charge in [-0.25, -0.2) is 4.39 Å². The lowest BCUT2D eigenvalue weighted by atomic mass is 10.2. The van der Waals surface area contributed by atoms with Crippen molar-refractivity contribution in [1.29, 1.82) is 5.26 Å². The molecule has 0 fully saturated rings. The Kier molecular flexibility index (Phi) is 7.16. The average molecular weight is 280 g/mol. The predicted octanol–water partition coefficient (Wildman–Crippen LogP) is 1.94. The van der Waals surface area contributed by atoms with E-state index in [1.165, 1.54) is 6.07 Å². The van der Waals surface area contributed by atoms with Crippen LogP contribution in [0.4, 0.5) is 4.39 Å². The van der Waals surface area contributed by atoms with Crippen LogP contribution in [0.1, 0.15) is 19.4 Å². The largest absolute Gasteiger partial charge is 0.389 e. The first kappa shape index (κ1) is 16.6. The smallest absolute Gasteiger partial charge is 0.128 e. The van der Waals surface area contributed by atoms with E-state index in [9.17, 15) is 9.50 Å². The van der Waals surface area contributed by atoms with E-state index in [0.717, 1.165) is 0 Å². The van der Waals surface area contributed by atoms with Crippen LogP contribution in [-0.2, 0) is 11.3 Å². The molecule has 0 saturated carbocycles. The molecule has 0 aliphatic rings. The van der Waals surface area contributed by atoms with Crippen molar-refractivity contribution in [2.75, 3.05) is 19.7 Å². The van der Waals surface area contributed by atoms with Gasteiger partial charge in [0.05, 0.1) is 31.9 Å². The van der Waals surface area contributed by atoms with E-state index in [1.54, 1.807) is 18.2 Å². The Morgan fingerprint density at radius 3 is 2.70 bits per heavy atom. The van der Waals surface area contributed by atoms with Gasteiger partial charge in [0.25, 0.3) is 0 Å². The number of aliphatic hydroxyl groups excluding tert-OH is 1. The van der Waals surface area contributed by atoms with Crippen LogP contribution in [0.2, 0.25) is 0 Å². The lowest BCUT2D eigenvalue weighted by Gasteiger charge is -2.26. The van der Waals surface area contributed by atoms with Crippen LogP contribution in [0, 0.1) is 17.1 Å². The van der Waals surface area contributed by atoms with Crippen LogP contribution in [0.5, 0.6) is 0 Å². The van der Waals surface area contributed by atoms with Crippen molar-refractivity contribution in [2.24, 2.45) is 0 Å². The van der Waals surface area contributed by atoms with Gasteiger partial charge >= 0.3 is 0 Å². The Balaban J connectivity index is 2.34. The highest BCUT2D eigenvalue weighted by atomic mass is 19.1. The van der Waals surface area contributed by atoms with Gasteiger partial charge in [-0.2, -0.15) is 5.26 Å². The van der Waals surface area contributed by atoms with E-state index in [4.69, 9.17) is 10.00 Å². The van der Waals surface area contributed by atoms with Crippen molar-refractivity contribution in [3.63, 3.8) is 0 Å². The standard InChI is InChI=1S/C15H21FN2O2/c1-12(2)18(8-7-17)9-14(19)11-20-10-13-5-3-4-6-15(13)16/h3-6,12,14,19H,8-11H2,1-2H3. The van der Waals surface area contributed by atoms with Crippen molar-refractivity contribution in [3.05, 3.63) is 35.6 Å². The van der Waals surface area contributed by atoms with Crippen molar-refractivity contribution in [3.8, 4) is 6.07 Å². The van der Waals surface area contributed by atoms with Gasteiger partial charge in [0.2, 0.25) is 0 Å². The Labute approximate surface area is 119 Å². The summed E-state index contributed by atoms with van der Waals surface area (Å²) in [5.41, 5.74) is 0.470. The van der Waals surface area contributed by atoms with Crippen molar-refractivity contribution < 1.29 is 14.2 Å². The maximum atomic E-state index is 13.3. The van der Waals surface area contributed by atoms with E-state index < -0.39 is 6.10 Å². The molecule has 1 aromatic rings. The highest BCUT2D eigenvalue weighted by Gasteiger charge is 2.14. The average Bonchev–Trinajstić information content (AvgIpc) is 2.40. The summed E-state index contributed by atoms with van der Waals surface area (Å²) in [5.74, 6) is -0.310. The molecule has 0 amide bonds. The van der Waals surface area contributed by atoms with Crippen LogP contribution in [0.25, 0.3) is 0 Å². The fourth-order valence-corrected chi connectivity index (χ4v) is 1.79. The van der Waals surface area contributed by atoms with Gasteiger partial charge in [-0.3, -0.25) is 4.90 Å². The summed E-state index contributed by atoms with van der Waals surface area (Å²) in [4.78, 5) is 1.86. The molecule has 0 heterocycles. The molecule has 0 aliphatic carbocycles. The first-order chi connectivity index (χ1) is 9.54. The Bertz CT molecular complexity index is 446. The molecule has 0 spiro atoms. The van der Waals surface area contributed by atoms with Crippen molar-refractivity contribution >= 4 is 0 Å². The molecule has 110 valence electrons. The number of nitrogens with zero attached hydrogens (tertiary/aromatic N) is 2. The molecule has 1 atom stereocenters. The summed E-state index contributed by atoms with van der Waals surface area (Å²) in [6.45, 7) is 4.80. The molecular formula is C15H21FN2O2. The normalized spacial score (nSPS) is 12.7. The predicted molar refractivity (Wildman–Crippen MR) is 74.4 cm³/mol. The Hall–Kier alpha value is -1.48. The van der Waals surface area contributed by atoms with Crippen molar-refractivity contribution in [2.45, 2.75) is 32.6 Å². The summed E-state index contributed by atoms with van der Waals surface area (Å²) in [6.07, 6.45) is -0.697. The number of halogens is 1. The van der Waals surface area contributed by atoms with E-state index in [1.807, 2.05) is 18.7 Å². The summed E-state index contributed by atoms with van der Waals surface area (Å²) < 4.78 is 18.7. The van der Waals surface area contributed by atoms with Gasteiger partial charge in [0.15, 0.2) is 0 Å². The molecule has 0 aliphatic heterocycles. The minimum Gasteiger partial charge on any atom is -0.389 e. The molecule has 1 aromatic carbocycles. The quantitative estimate of drug-likeness (QED) is 0.739. The minimum atomic E-state index is -0.697. The second kappa shape index (κ2) is 8.64. The topological polar surface area (TPSA) is 56.5 Å². The van der Waals surface area contributed by atoms with E-state index >= 15 is 0 Å². The lowest BCUT2D eigenvalue weighted by molar-refractivity contribution is 0.00660. The number of benzene rings is 1. The van der Waals surface area contributed by atoms with Crippen LogP contribution in [0.3, 0.4) is 0 Å². The Morgan fingerprint density at radius 2 is 2.10 bits per heavy atom. The fourth-order valence-electron chi connectivity index (χ4n) is 1.79. The third-order valence-corrected chi connectivity index (χ3v) is 2.97. The minimum absolute atomic E-state index is 0.114. The summed E-state index contributed by atoms with van der Waals surface area (Å²) in [6, 6.07) is 8.64. The molecule has 1 unspecified atom stereocenters. The first-order valence-electron chi connectivity index (χ1n) is 6.64. The molecule has 1 N–H and O–H groups in total. The zero-order chi connectivity index (χ0) is 15.0. The van der Waals surface area contributed by atoms with E-state index in [2.05, 4.69) is 6.07 Å². The summed E-state index contributed by atoms with van der Waals surface area (Å²) in [7, 11) is 0. The van der Waals surface area contributed by atoms with Crippen LogP contribution in [0.15, 0.2) is 24.3 Å². The van der Waals surface area contributed by atoms with Gasteiger partial charge < -0.3 is 9.84 Å². The number of nitriles is 1. The number of hydrogen-bond donors (Lipinski definition) is 1.